The normalized spacial score (nSPS) is 12.1. The molecule has 0 fully saturated rings. The van der Waals surface area contributed by atoms with E-state index in [0.717, 1.165) is 22.3 Å². The van der Waals surface area contributed by atoms with Gasteiger partial charge in [-0.25, -0.2) is 8.42 Å². The van der Waals surface area contributed by atoms with Crippen molar-refractivity contribution in [1.29, 1.82) is 0 Å². The molecule has 0 radical (unpaired) electrons. The summed E-state index contributed by atoms with van der Waals surface area (Å²) in [6.45, 7) is 3.89. The zero-order chi connectivity index (χ0) is 25.0. The fourth-order valence-corrected chi connectivity index (χ4v) is 4.98. The number of carbonyl (C=O) groups excluding carboxylic acids is 1. The smallest absolute Gasteiger partial charge is 0.261 e. The van der Waals surface area contributed by atoms with E-state index in [-0.39, 0.29) is 33.1 Å². The lowest BCUT2D eigenvalue weighted by Gasteiger charge is -2.21. The second kappa shape index (κ2) is 10.3. The van der Waals surface area contributed by atoms with Crippen LogP contribution in [0.3, 0.4) is 0 Å². The van der Waals surface area contributed by atoms with Gasteiger partial charge in [-0.2, -0.15) is 0 Å². The minimum absolute atomic E-state index is 0.141. The maximum atomic E-state index is 13.2. The number of halogens is 1. The van der Waals surface area contributed by atoms with Gasteiger partial charge in [-0.15, -0.1) is 0 Å². The summed E-state index contributed by atoms with van der Waals surface area (Å²) in [6, 6.07) is 28.3. The molecular formula is C28H25ClN2O3S. The number of benzene rings is 4. The Balaban J connectivity index is 1.57. The first-order valence-electron chi connectivity index (χ1n) is 11.0. The molecule has 0 unspecified atom stereocenters. The molecule has 4 aromatic rings. The first kappa shape index (κ1) is 24.5. The average molecular weight is 505 g/mol. The molecule has 0 aliphatic heterocycles. The van der Waals surface area contributed by atoms with Crippen LogP contribution in [0.2, 0.25) is 5.02 Å². The lowest BCUT2D eigenvalue weighted by atomic mass is 9.97. The van der Waals surface area contributed by atoms with Gasteiger partial charge >= 0.3 is 0 Å². The Kier molecular flexibility index (Phi) is 7.24. The maximum absolute atomic E-state index is 13.2. The van der Waals surface area contributed by atoms with Gasteiger partial charge in [0.15, 0.2) is 0 Å². The van der Waals surface area contributed by atoms with Crippen LogP contribution >= 0.6 is 11.6 Å². The van der Waals surface area contributed by atoms with E-state index in [1.54, 1.807) is 12.1 Å². The van der Waals surface area contributed by atoms with Crippen molar-refractivity contribution in [3.63, 3.8) is 0 Å². The summed E-state index contributed by atoms with van der Waals surface area (Å²) >= 11 is 6.42. The van der Waals surface area contributed by atoms with E-state index in [2.05, 4.69) is 10.0 Å². The molecule has 5 nitrogen and oxygen atoms in total. The van der Waals surface area contributed by atoms with Crippen molar-refractivity contribution in [1.82, 2.24) is 5.32 Å². The third-order valence-electron chi connectivity index (χ3n) is 5.62. The Morgan fingerprint density at radius 2 is 1.34 bits per heavy atom. The first-order chi connectivity index (χ1) is 16.7. The van der Waals surface area contributed by atoms with Gasteiger partial charge in [0.25, 0.3) is 15.9 Å². The monoisotopic (exact) mass is 504 g/mol. The number of aryl methyl sites for hydroxylation is 2. The van der Waals surface area contributed by atoms with Crippen LogP contribution in [0.15, 0.2) is 102 Å². The molecule has 35 heavy (non-hydrogen) atoms. The molecule has 178 valence electrons. The van der Waals surface area contributed by atoms with Gasteiger partial charge in [-0.3, -0.25) is 9.52 Å². The van der Waals surface area contributed by atoms with Crippen molar-refractivity contribution in [3.05, 3.63) is 130 Å². The zero-order valence-corrected chi connectivity index (χ0v) is 20.9. The highest BCUT2D eigenvalue weighted by Crippen LogP contribution is 2.27. The van der Waals surface area contributed by atoms with E-state index in [9.17, 15) is 13.2 Å². The molecule has 0 spiro atoms. The Hall–Kier alpha value is -3.61. The van der Waals surface area contributed by atoms with Crippen LogP contribution in [0.1, 0.15) is 38.7 Å². The molecule has 2 N–H and O–H groups in total. The summed E-state index contributed by atoms with van der Waals surface area (Å²) in [5.74, 6) is -0.364. The molecule has 0 aliphatic carbocycles. The summed E-state index contributed by atoms with van der Waals surface area (Å²) in [6.07, 6.45) is 0. The van der Waals surface area contributed by atoms with Gasteiger partial charge in [0.05, 0.1) is 27.2 Å². The highest BCUT2D eigenvalue weighted by atomic mass is 35.5. The molecule has 0 saturated heterocycles. The first-order valence-corrected chi connectivity index (χ1v) is 12.9. The van der Waals surface area contributed by atoms with Gasteiger partial charge < -0.3 is 5.32 Å². The fourth-order valence-electron chi connectivity index (χ4n) is 3.67. The topological polar surface area (TPSA) is 75.3 Å². The molecule has 0 bridgehead atoms. The average Bonchev–Trinajstić information content (AvgIpc) is 2.84. The highest BCUT2D eigenvalue weighted by Gasteiger charge is 2.20. The molecule has 4 aromatic carbocycles. The van der Waals surface area contributed by atoms with Crippen LogP contribution < -0.4 is 10.0 Å². The predicted molar refractivity (Wildman–Crippen MR) is 140 cm³/mol. The highest BCUT2D eigenvalue weighted by molar-refractivity contribution is 7.92. The van der Waals surface area contributed by atoms with Crippen molar-refractivity contribution >= 4 is 33.2 Å². The fraction of sp³-hybridized carbons (Fsp3) is 0.107. The number of hydrogen-bond acceptors (Lipinski definition) is 3. The van der Waals surface area contributed by atoms with E-state index in [0.29, 0.717) is 0 Å². The predicted octanol–water partition coefficient (Wildman–Crippen LogP) is 6.28. The third-order valence-corrected chi connectivity index (χ3v) is 7.33. The molecular weight excluding hydrogens is 480 g/mol. The number of anilines is 1. The third kappa shape index (κ3) is 5.91. The summed E-state index contributed by atoms with van der Waals surface area (Å²) < 4.78 is 27.9. The second-order valence-electron chi connectivity index (χ2n) is 8.34. The Morgan fingerprint density at radius 3 is 1.94 bits per heavy atom. The summed E-state index contributed by atoms with van der Waals surface area (Å²) in [5.41, 5.74) is 4.47. The van der Waals surface area contributed by atoms with Gasteiger partial charge in [0, 0.05) is 0 Å². The van der Waals surface area contributed by atoms with Crippen molar-refractivity contribution < 1.29 is 13.2 Å². The van der Waals surface area contributed by atoms with Crippen molar-refractivity contribution in [2.24, 2.45) is 0 Å². The standard InChI is InChI=1S/C28H25ClN2O3S/c1-19-8-12-22(13-9-19)27(21-6-4-3-5-7-21)30-28(32)25-17-14-23(18-26(25)29)31-35(33,34)24-15-10-20(2)11-16-24/h3-18,27,31H,1-2H3,(H,30,32)/t27-/m1/s1. The van der Waals surface area contributed by atoms with Crippen molar-refractivity contribution in [3.8, 4) is 0 Å². The van der Waals surface area contributed by atoms with Gasteiger partial charge in [-0.1, -0.05) is 89.5 Å². The van der Waals surface area contributed by atoms with E-state index in [1.165, 1.54) is 30.3 Å². The van der Waals surface area contributed by atoms with E-state index < -0.39 is 10.0 Å². The van der Waals surface area contributed by atoms with Crippen LogP contribution in [0.5, 0.6) is 0 Å². The van der Waals surface area contributed by atoms with E-state index in [4.69, 9.17) is 11.6 Å². The summed E-state index contributed by atoms with van der Waals surface area (Å²) in [4.78, 5) is 13.3. The largest absolute Gasteiger partial charge is 0.341 e. The Morgan fingerprint density at radius 1 is 0.771 bits per heavy atom. The minimum atomic E-state index is -3.78. The molecule has 1 amide bonds. The number of amides is 1. The zero-order valence-electron chi connectivity index (χ0n) is 19.3. The van der Waals surface area contributed by atoms with E-state index >= 15 is 0 Å². The minimum Gasteiger partial charge on any atom is -0.341 e. The van der Waals surface area contributed by atoms with Gasteiger partial charge in [-0.05, 0) is 55.3 Å². The quantitative estimate of drug-likeness (QED) is 0.311. The molecule has 0 aromatic heterocycles. The van der Waals surface area contributed by atoms with E-state index in [1.807, 2.05) is 68.4 Å². The second-order valence-corrected chi connectivity index (χ2v) is 10.4. The lowest BCUT2D eigenvalue weighted by molar-refractivity contribution is 0.0943. The SMILES string of the molecule is Cc1ccc([C@H](NC(=O)c2ccc(NS(=O)(=O)c3ccc(C)cc3)cc2Cl)c2ccccc2)cc1. The maximum Gasteiger partial charge on any atom is 0.261 e. The lowest BCUT2D eigenvalue weighted by Crippen LogP contribution is -2.29. The number of nitrogens with one attached hydrogen (secondary N) is 2. The molecule has 0 saturated carbocycles. The van der Waals surface area contributed by atoms with Crippen LogP contribution in [0.25, 0.3) is 0 Å². The molecule has 1 atom stereocenters. The van der Waals surface area contributed by atoms with Crippen molar-refractivity contribution in [2.75, 3.05) is 4.72 Å². The van der Waals surface area contributed by atoms with Crippen molar-refractivity contribution in [2.45, 2.75) is 24.8 Å². The molecule has 0 heterocycles. The molecule has 0 aliphatic rings. The van der Waals surface area contributed by atoms with Gasteiger partial charge in [0.1, 0.15) is 0 Å². The molecule has 4 rings (SSSR count). The van der Waals surface area contributed by atoms with Crippen LogP contribution in [0, 0.1) is 13.8 Å². The van der Waals surface area contributed by atoms with Crippen LogP contribution in [-0.2, 0) is 10.0 Å². The van der Waals surface area contributed by atoms with Crippen LogP contribution in [0.4, 0.5) is 5.69 Å². The molecule has 7 heteroatoms. The number of sulfonamides is 1. The van der Waals surface area contributed by atoms with Crippen LogP contribution in [-0.4, -0.2) is 14.3 Å². The summed E-state index contributed by atoms with van der Waals surface area (Å²) in [7, 11) is -3.78. The Bertz CT molecular complexity index is 1440. The van der Waals surface area contributed by atoms with Gasteiger partial charge in [0.2, 0.25) is 0 Å². The number of hydrogen-bond donors (Lipinski definition) is 2. The Labute approximate surface area is 210 Å². The summed E-state index contributed by atoms with van der Waals surface area (Å²) in [5, 5.41) is 3.20. The number of carbonyl (C=O) groups is 1. The number of rotatable bonds is 7.